The first kappa shape index (κ1) is 13.9. The molecule has 2 aliphatic rings. The van der Waals surface area contributed by atoms with Gasteiger partial charge in [-0.1, -0.05) is 6.42 Å². The van der Waals surface area contributed by atoms with Crippen molar-refractivity contribution in [3.05, 3.63) is 28.3 Å². The molecule has 112 valence electrons. The fraction of sp³-hybridized carbons (Fsp3) is 0.533. The first-order chi connectivity index (χ1) is 10.1. The summed E-state index contributed by atoms with van der Waals surface area (Å²) >= 11 is 0. The van der Waals surface area contributed by atoms with Gasteiger partial charge in [0.1, 0.15) is 11.4 Å². The molecule has 0 unspecified atom stereocenters. The van der Waals surface area contributed by atoms with Gasteiger partial charge in [-0.05, 0) is 43.2 Å². The zero-order valence-electron chi connectivity index (χ0n) is 11.9. The van der Waals surface area contributed by atoms with E-state index in [1.165, 1.54) is 25.7 Å². The predicted octanol–water partition coefficient (Wildman–Crippen LogP) is 2.98. The van der Waals surface area contributed by atoms with Gasteiger partial charge in [0.05, 0.1) is 18.1 Å². The van der Waals surface area contributed by atoms with E-state index in [1.54, 1.807) is 6.07 Å². The number of hydrogen-bond donors (Lipinski definition) is 1. The monoisotopic (exact) mass is 290 g/mol. The molecule has 3 atom stereocenters. The van der Waals surface area contributed by atoms with Crippen LogP contribution in [-0.4, -0.2) is 17.9 Å². The molecular weight excluding hydrogens is 272 g/mol. The summed E-state index contributed by atoms with van der Waals surface area (Å²) in [6.45, 7) is 0. The van der Waals surface area contributed by atoms with Crippen LogP contribution in [-0.2, 0) is 4.79 Å². The van der Waals surface area contributed by atoms with E-state index in [1.807, 2.05) is 0 Å². The van der Waals surface area contributed by atoms with Gasteiger partial charge in [0.25, 0.3) is 5.69 Å². The highest BCUT2D eigenvalue weighted by atomic mass is 16.6. The van der Waals surface area contributed by atoms with Gasteiger partial charge in [-0.2, -0.15) is 0 Å². The second-order valence-corrected chi connectivity index (χ2v) is 5.91. The molecule has 0 saturated heterocycles. The number of methoxy groups -OCH3 is 1. The number of fused-ring (bicyclic) bond motifs is 2. The predicted molar refractivity (Wildman–Crippen MR) is 77.2 cm³/mol. The molecule has 1 N–H and O–H groups in total. The number of rotatable bonds is 4. The maximum atomic E-state index is 12.4. The fourth-order valence-corrected chi connectivity index (χ4v) is 3.69. The second kappa shape index (κ2) is 5.35. The van der Waals surface area contributed by atoms with Gasteiger partial charge in [-0.3, -0.25) is 14.9 Å². The number of nitrogens with one attached hydrogen (secondary N) is 1. The van der Waals surface area contributed by atoms with Gasteiger partial charge < -0.3 is 10.1 Å². The Labute approximate surface area is 122 Å². The van der Waals surface area contributed by atoms with Crippen molar-refractivity contribution in [3.63, 3.8) is 0 Å². The third-order valence-electron chi connectivity index (χ3n) is 4.73. The molecule has 0 aliphatic heterocycles. The van der Waals surface area contributed by atoms with Crippen molar-refractivity contribution in [2.45, 2.75) is 25.7 Å². The number of carbonyl (C=O) groups is 1. The molecule has 1 aromatic rings. The van der Waals surface area contributed by atoms with Crippen LogP contribution in [0, 0.1) is 27.9 Å². The molecule has 6 nitrogen and oxygen atoms in total. The molecule has 0 radical (unpaired) electrons. The van der Waals surface area contributed by atoms with Gasteiger partial charge in [0.15, 0.2) is 0 Å². The molecule has 0 heterocycles. The van der Waals surface area contributed by atoms with Crippen molar-refractivity contribution >= 4 is 17.3 Å². The number of carbonyl (C=O) groups excluding carboxylic acids is 1. The number of amides is 1. The lowest BCUT2D eigenvalue weighted by Gasteiger charge is -2.20. The molecule has 0 spiro atoms. The van der Waals surface area contributed by atoms with Gasteiger partial charge >= 0.3 is 0 Å². The summed E-state index contributed by atoms with van der Waals surface area (Å²) in [7, 11) is 1.45. The molecule has 2 fully saturated rings. The number of nitrogens with zero attached hydrogens (tertiary/aromatic N) is 1. The lowest BCUT2D eigenvalue weighted by molar-refractivity contribution is -0.384. The third kappa shape index (κ3) is 2.57. The standard InChI is InChI=1S/C15H18N2O4/c1-21-11-4-5-13(14(8-11)17(19)20)16-15(18)12-7-9-2-3-10(12)6-9/h4-5,8-10,12H,2-3,6-7H2,1H3,(H,16,18)/t9-,10+,12-/m0/s1. The third-order valence-corrected chi connectivity index (χ3v) is 4.73. The number of nitro benzene ring substituents is 1. The summed E-state index contributed by atoms with van der Waals surface area (Å²) in [5.74, 6) is 1.43. The molecule has 2 saturated carbocycles. The molecule has 6 heteroatoms. The van der Waals surface area contributed by atoms with Crippen molar-refractivity contribution in [1.82, 2.24) is 0 Å². The summed E-state index contributed by atoms with van der Waals surface area (Å²) in [4.78, 5) is 23.0. The van der Waals surface area contributed by atoms with Crippen LogP contribution in [0.15, 0.2) is 18.2 Å². The Kier molecular flexibility index (Phi) is 3.53. The fourth-order valence-electron chi connectivity index (χ4n) is 3.69. The van der Waals surface area contributed by atoms with Gasteiger partial charge in [0, 0.05) is 5.92 Å². The zero-order valence-corrected chi connectivity index (χ0v) is 11.9. The number of nitro groups is 1. The summed E-state index contributed by atoms with van der Waals surface area (Å²) in [6, 6.07) is 4.47. The normalized spacial score (nSPS) is 26.6. The molecular formula is C15H18N2O4. The Balaban J connectivity index is 1.78. The van der Waals surface area contributed by atoms with Crippen molar-refractivity contribution in [2.24, 2.45) is 17.8 Å². The number of hydrogen-bond acceptors (Lipinski definition) is 4. The van der Waals surface area contributed by atoms with Gasteiger partial charge in [0.2, 0.25) is 5.91 Å². The second-order valence-electron chi connectivity index (χ2n) is 5.91. The minimum Gasteiger partial charge on any atom is -0.496 e. The first-order valence-corrected chi connectivity index (χ1v) is 7.21. The molecule has 1 amide bonds. The Morgan fingerprint density at radius 3 is 2.76 bits per heavy atom. The van der Waals surface area contributed by atoms with Crippen LogP contribution in [0.5, 0.6) is 5.75 Å². The SMILES string of the molecule is COc1ccc(NC(=O)[C@H]2C[C@H]3CC[C@@H]2C3)c([N+](=O)[O-])c1. The molecule has 3 rings (SSSR count). The van der Waals surface area contributed by atoms with Gasteiger partial charge in [-0.15, -0.1) is 0 Å². The van der Waals surface area contributed by atoms with Crippen molar-refractivity contribution in [2.75, 3.05) is 12.4 Å². The zero-order chi connectivity index (χ0) is 15.0. The Morgan fingerprint density at radius 2 is 2.19 bits per heavy atom. The smallest absolute Gasteiger partial charge is 0.296 e. The highest BCUT2D eigenvalue weighted by Gasteiger charge is 2.43. The molecule has 2 bridgehead atoms. The van der Waals surface area contributed by atoms with E-state index in [2.05, 4.69) is 5.32 Å². The summed E-state index contributed by atoms with van der Waals surface area (Å²) in [6.07, 6.45) is 4.37. The van der Waals surface area contributed by atoms with E-state index in [4.69, 9.17) is 4.74 Å². The molecule has 21 heavy (non-hydrogen) atoms. The minimum atomic E-state index is -0.501. The van der Waals surface area contributed by atoms with Crippen LogP contribution in [0.4, 0.5) is 11.4 Å². The van der Waals surface area contributed by atoms with E-state index in [-0.39, 0.29) is 23.2 Å². The summed E-state index contributed by atoms with van der Waals surface area (Å²) in [5, 5.41) is 13.9. The van der Waals surface area contributed by atoms with Crippen LogP contribution in [0.25, 0.3) is 0 Å². The van der Waals surface area contributed by atoms with Crippen LogP contribution in [0.3, 0.4) is 0 Å². The average Bonchev–Trinajstić information content (AvgIpc) is 3.10. The average molecular weight is 290 g/mol. The van der Waals surface area contributed by atoms with Crippen LogP contribution in [0.2, 0.25) is 0 Å². The van der Waals surface area contributed by atoms with Crippen LogP contribution >= 0.6 is 0 Å². The minimum absolute atomic E-state index is 0.00505. The Bertz CT molecular complexity index is 587. The highest BCUT2D eigenvalue weighted by Crippen LogP contribution is 2.48. The van der Waals surface area contributed by atoms with Crippen LogP contribution < -0.4 is 10.1 Å². The maximum Gasteiger partial charge on any atom is 0.296 e. The lowest BCUT2D eigenvalue weighted by atomic mass is 9.88. The van der Waals surface area contributed by atoms with E-state index in [0.29, 0.717) is 17.6 Å². The molecule has 0 aromatic heterocycles. The number of ether oxygens (including phenoxy) is 1. The van der Waals surface area contributed by atoms with Crippen LogP contribution in [0.1, 0.15) is 25.7 Å². The summed E-state index contributed by atoms with van der Waals surface area (Å²) < 4.78 is 4.99. The topological polar surface area (TPSA) is 81.5 Å². The van der Waals surface area contributed by atoms with Gasteiger partial charge in [-0.25, -0.2) is 0 Å². The van der Waals surface area contributed by atoms with Crippen molar-refractivity contribution in [3.8, 4) is 5.75 Å². The lowest BCUT2D eigenvalue weighted by Crippen LogP contribution is -2.27. The maximum absolute atomic E-state index is 12.4. The number of benzene rings is 1. The summed E-state index contributed by atoms with van der Waals surface area (Å²) in [5.41, 5.74) is 0.111. The highest BCUT2D eigenvalue weighted by molar-refractivity contribution is 5.95. The largest absolute Gasteiger partial charge is 0.496 e. The Morgan fingerprint density at radius 1 is 1.38 bits per heavy atom. The molecule has 2 aliphatic carbocycles. The first-order valence-electron chi connectivity index (χ1n) is 7.21. The van der Waals surface area contributed by atoms with E-state index in [9.17, 15) is 14.9 Å². The van der Waals surface area contributed by atoms with Crippen molar-refractivity contribution in [1.29, 1.82) is 0 Å². The number of anilines is 1. The Hall–Kier alpha value is -2.11. The van der Waals surface area contributed by atoms with E-state index < -0.39 is 4.92 Å². The van der Waals surface area contributed by atoms with E-state index >= 15 is 0 Å². The van der Waals surface area contributed by atoms with Crippen molar-refractivity contribution < 1.29 is 14.5 Å². The molecule has 1 aromatic carbocycles. The van der Waals surface area contributed by atoms with E-state index in [0.717, 1.165) is 19.3 Å². The quantitative estimate of drug-likeness (QED) is 0.682.